The van der Waals surface area contributed by atoms with Crippen molar-refractivity contribution >= 4 is 18.9 Å². The lowest BCUT2D eigenvalue weighted by Gasteiger charge is -2.14. The normalized spacial score (nSPS) is 13.9. The minimum atomic E-state index is -1.05. The van der Waals surface area contributed by atoms with Gasteiger partial charge in [0.05, 0.1) is 10.8 Å². The van der Waals surface area contributed by atoms with Gasteiger partial charge in [-0.2, -0.15) is 0 Å². The predicted octanol–water partition coefficient (Wildman–Crippen LogP) is 3.13. The molecule has 0 aliphatic rings. The van der Waals surface area contributed by atoms with Crippen LogP contribution in [0.1, 0.15) is 0 Å². The number of benzene rings is 1. The summed E-state index contributed by atoms with van der Waals surface area (Å²) in [5.74, 6) is 0.819. The third-order valence-electron chi connectivity index (χ3n) is 2.04. The minimum absolute atomic E-state index is 0.795. The third kappa shape index (κ3) is 4.20. The first kappa shape index (κ1) is 11.7. The van der Waals surface area contributed by atoms with Crippen molar-refractivity contribution in [2.75, 3.05) is 5.75 Å². The van der Waals surface area contributed by atoms with E-state index >= 15 is 0 Å². The van der Waals surface area contributed by atoms with Crippen LogP contribution in [0, 0.1) is 0 Å². The Morgan fingerprint density at radius 3 is 2.21 bits per heavy atom. The van der Waals surface area contributed by atoms with Crippen molar-refractivity contribution < 1.29 is 4.21 Å². The Balaban J connectivity index is 2.52. The van der Waals surface area contributed by atoms with Crippen molar-refractivity contribution in [3.05, 3.63) is 30.3 Å². The molecule has 78 valence electrons. The third-order valence-corrected chi connectivity index (χ3v) is 5.53. The monoisotopic (exact) mass is 226 g/mol. The van der Waals surface area contributed by atoms with Crippen molar-refractivity contribution in [3.63, 3.8) is 0 Å². The number of hydrogen-bond acceptors (Lipinski definition) is 1. The van der Waals surface area contributed by atoms with E-state index in [-0.39, 0.29) is 0 Å². The summed E-state index contributed by atoms with van der Waals surface area (Å²) in [5.41, 5.74) is 0. The molecule has 3 heteroatoms. The standard InChI is InChI=1S/C11H18OSSi/c1-14(2,3)10-9-13(12)11-7-5-4-6-8-11/h4-8H,9-10H2,1-3H3/t13-/m1/s1. The summed E-state index contributed by atoms with van der Waals surface area (Å²) in [5, 5.41) is 0. The zero-order valence-corrected chi connectivity index (χ0v) is 10.9. The molecule has 0 saturated heterocycles. The van der Waals surface area contributed by atoms with Crippen LogP contribution < -0.4 is 0 Å². The molecule has 0 saturated carbocycles. The quantitative estimate of drug-likeness (QED) is 0.721. The lowest BCUT2D eigenvalue weighted by atomic mass is 10.4. The van der Waals surface area contributed by atoms with Crippen LogP contribution in [-0.2, 0) is 10.8 Å². The van der Waals surface area contributed by atoms with E-state index in [2.05, 4.69) is 19.6 Å². The van der Waals surface area contributed by atoms with Crippen LogP contribution in [0.5, 0.6) is 0 Å². The summed E-state index contributed by atoms with van der Waals surface area (Å²) in [6.07, 6.45) is 0. The summed E-state index contributed by atoms with van der Waals surface area (Å²) in [6.45, 7) is 6.94. The molecule has 1 nitrogen and oxygen atoms in total. The molecule has 0 spiro atoms. The molecule has 0 fully saturated rings. The van der Waals surface area contributed by atoms with Crippen LogP contribution in [0.4, 0.5) is 0 Å². The lowest BCUT2D eigenvalue weighted by molar-refractivity contribution is 0.683. The zero-order valence-electron chi connectivity index (χ0n) is 9.12. The molecule has 0 bridgehead atoms. The summed E-state index contributed by atoms with van der Waals surface area (Å²) in [4.78, 5) is 0.964. The minimum Gasteiger partial charge on any atom is -0.254 e. The van der Waals surface area contributed by atoms with Crippen LogP contribution in [0.2, 0.25) is 25.7 Å². The van der Waals surface area contributed by atoms with Gasteiger partial charge < -0.3 is 0 Å². The number of rotatable bonds is 4. The van der Waals surface area contributed by atoms with E-state index in [9.17, 15) is 4.21 Å². The maximum absolute atomic E-state index is 11.8. The van der Waals surface area contributed by atoms with E-state index in [0.717, 1.165) is 16.7 Å². The van der Waals surface area contributed by atoms with Crippen molar-refractivity contribution in [1.29, 1.82) is 0 Å². The second-order valence-corrected chi connectivity index (χ2v) is 11.9. The van der Waals surface area contributed by atoms with Crippen molar-refractivity contribution in [2.24, 2.45) is 0 Å². The van der Waals surface area contributed by atoms with Gasteiger partial charge in [-0.05, 0) is 18.2 Å². The highest BCUT2D eigenvalue weighted by Crippen LogP contribution is 2.13. The molecule has 0 aliphatic heterocycles. The Morgan fingerprint density at radius 1 is 1.14 bits per heavy atom. The van der Waals surface area contributed by atoms with E-state index in [1.807, 2.05) is 30.3 Å². The molecular weight excluding hydrogens is 208 g/mol. The van der Waals surface area contributed by atoms with Gasteiger partial charge in [-0.15, -0.1) is 0 Å². The van der Waals surface area contributed by atoms with Crippen LogP contribution >= 0.6 is 0 Å². The van der Waals surface area contributed by atoms with Crippen LogP contribution in [0.25, 0.3) is 0 Å². The molecule has 1 rings (SSSR count). The van der Waals surface area contributed by atoms with E-state index in [1.54, 1.807) is 0 Å². The fourth-order valence-electron chi connectivity index (χ4n) is 1.09. The zero-order chi connectivity index (χ0) is 10.6. The highest BCUT2D eigenvalue weighted by molar-refractivity contribution is 7.85. The molecule has 0 N–H and O–H groups in total. The van der Waals surface area contributed by atoms with E-state index < -0.39 is 18.9 Å². The van der Waals surface area contributed by atoms with Crippen LogP contribution in [0.3, 0.4) is 0 Å². The van der Waals surface area contributed by atoms with Crippen molar-refractivity contribution in [1.82, 2.24) is 0 Å². The summed E-state index contributed by atoms with van der Waals surface area (Å²) in [7, 11) is -1.84. The van der Waals surface area contributed by atoms with Gasteiger partial charge in [-0.3, -0.25) is 4.21 Å². The molecule has 0 aromatic heterocycles. The molecule has 1 aromatic carbocycles. The second kappa shape index (κ2) is 4.89. The van der Waals surface area contributed by atoms with Gasteiger partial charge in [-0.25, -0.2) is 0 Å². The van der Waals surface area contributed by atoms with Gasteiger partial charge in [0.1, 0.15) is 0 Å². The maximum atomic E-state index is 11.8. The van der Waals surface area contributed by atoms with E-state index in [0.29, 0.717) is 0 Å². The van der Waals surface area contributed by atoms with Gasteiger partial charge in [-0.1, -0.05) is 37.8 Å². The molecular formula is C11H18OSSi. The SMILES string of the molecule is C[Si](C)(C)CC[S@@](=O)c1ccccc1. The fourth-order valence-corrected chi connectivity index (χ4v) is 4.98. The van der Waals surface area contributed by atoms with Crippen LogP contribution in [0.15, 0.2) is 35.2 Å². The molecule has 0 radical (unpaired) electrons. The summed E-state index contributed by atoms with van der Waals surface area (Å²) < 4.78 is 11.8. The Labute approximate surface area is 90.0 Å². The molecule has 0 unspecified atom stereocenters. The maximum Gasteiger partial charge on any atom is 0.0526 e. The predicted molar refractivity (Wildman–Crippen MR) is 65.9 cm³/mol. The number of hydrogen-bond donors (Lipinski definition) is 0. The van der Waals surface area contributed by atoms with Gasteiger partial charge >= 0.3 is 0 Å². The molecule has 0 amide bonds. The Morgan fingerprint density at radius 2 is 1.71 bits per heavy atom. The van der Waals surface area contributed by atoms with Gasteiger partial charge in [0.15, 0.2) is 0 Å². The Bertz CT molecular complexity index is 303. The lowest BCUT2D eigenvalue weighted by Crippen LogP contribution is -2.22. The smallest absolute Gasteiger partial charge is 0.0526 e. The Kier molecular flexibility index (Phi) is 4.07. The van der Waals surface area contributed by atoms with Gasteiger partial charge in [0, 0.05) is 18.7 Å². The second-order valence-electron chi connectivity index (χ2n) is 4.67. The molecule has 0 heterocycles. The highest BCUT2D eigenvalue weighted by atomic mass is 32.2. The van der Waals surface area contributed by atoms with Gasteiger partial charge in [0.25, 0.3) is 0 Å². The summed E-state index contributed by atoms with van der Waals surface area (Å²) in [6, 6.07) is 10.9. The first-order valence-corrected chi connectivity index (χ1v) is 9.95. The first-order chi connectivity index (χ1) is 6.49. The molecule has 0 aliphatic carbocycles. The van der Waals surface area contributed by atoms with Crippen LogP contribution in [-0.4, -0.2) is 18.0 Å². The highest BCUT2D eigenvalue weighted by Gasteiger charge is 2.14. The van der Waals surface area contributed by atoms with Crippen molar-refractivity contribution in [3.8, 4) is 0 Å². The Hall–Kier alpha value is -0.413. The first-order valence-electron chi connectivity index (χ1n) is 4.92. The van der Waals surface area contributed by atoms with E-state index in [4.69, 9.17) is 0 Å². The molecule has 1 atom stereocenters. The fraction of sp³-hybridized carbons (Fsp3) is 0.455. The summed E-state index contributed by atoms with van der Waals surface area (Å²) >= 11 is 0. The average molecular weight is 226 g/mol. The molecule has 14 heavy (non-hydrogen) atoms. The average Bonchev–Trinajstić information content (AvgIpc) is 2.14. The molecule has 1 aromatic rings. The van der Waals surface area contributed by atoms with Crippen molar-refractivity contribution in [2.45, 2.75) is 30.6 Å². The largest absolute Gasteiger partial charge is 0.254 e. The topological polar surface area (TPSA) is 17.1 Å². The van der Waals surface area contributed by atoms with E-state index in [1.165, 1.54) is 0 Å². The van der Waals surface area contributed by atoms with Gasteiger partial charge in [0.2, 0.25) is 0 Å².